The van der Waals surface area contributed by atoms with Gasteiger partial charge in [-0.25, -0.2) is 18.6 Å². The van der Waals surface area contributed by atoms with Gasteiger partial charge in [-0.05, 0) is 41.0 Å². The third kappa shape index (κ3) is 5.55. The second-order valence-electron chi connectivity index (χ2n) is 7.79. The maximum absolute atomic E-state index is 13.9. The zero-order valence-corrected chi connectivity index (χ0v) is 18.5. The molecular formula is C25H23F2N3O4. The van der Waals surface area contributed by atoms with Gasteiger partial charge in [0, 0.05) is 32.3 Å². The number of benzene rings is 2. The zero-order valence-electron chi connectivity index (χ0n) is 18.5. The topological polar surface area (TPSA) is 75.9 Å². The number of nitrogens with zero attached hydrogens (tertiary/aromatic N) is 3. The van der Waals surface area contributed by atoms with Crippen LogP contribution >= 0.6 is 0 Å². The normalized spacial score (nSPS) is 14.8. The number of methoxy groups -OCH3 is 1. The smallest absolute Gasteiger partial charge is 0.360 e. The van der Waals surface area contributed by atoms with Crippen LogP contribution in [-0.2, 0) is 16.1 Å². The molecule has 0 spiro atoms. The van der Waals surface area contributed by atoms with Crippen LogP contribution in [0.5, 0.6) is 0 Å². The highest BCUT2D eigenvalue weighted by Crippen LogP contribution is 2.25. The van der Waals surface area contributed by atoms with Crippen LogP contribution in [0, 0.1) is 11.6 Å². The predicted octanol–water partition coefficient (Wildman–Crippen LogP) is 3.52. The van der Waals surface area contributed by atoms with Gasteiger partial charge in [-0.15, -0.1) is 0 Å². The molecule has 1 fully saturated rings. The molecule has 0 atom stereocenters. The molecule has 2 heterocycles. The minimum absolute atomic E-state index is 0.113. The van der Waals surface area contributed by atoms with E-state index in [2.05, 4.69) is 14.6 Å². The van der Waals surface area contributed by atoms with Crippen LogP contribution < -0.4 is 0 Å². The molecule has 2 aromatic carbocycles. The van der Waals surface area contributed by atoms with E-state index in [9.17, 15) is 18.4 Å². The number of ether oxygens (including phenoxy) is 1. The number of esters is 1. The van der Waals surface area contributed by atoms with E-state index >= 15 is 0 Å². The van der Waals surface area contributed by atoms with Crippen molar-refractivity contribution in [2.24, 2.45) is 0 Å². The van der Waals surface area contributed by atoms with E-state index in [-0.39, 0.29) is 11.6 Å². The van der Waals surface area contributed by atoms with E-state index in [4.69, 9.17) is 4.42 Å². The fraction of sp³-hybridized carbons (Fsp3) is 0.240. The Bertz CT molecular complexity index is 1200. The number of aromatic nitrogens is 1. The summed E-state index contributed by atoms with van der Waals surface area (Å²) in [6.07, 6.45) is 2.73. The van der Waals surface area contributed by atoms with Crippen LogP contribution in [0.15, 0.2) is 65.3 Å². The molecule has 7 nitrogen and oxygen atoms in total. The minimum Gasteiger partial charge on any atom is -0.464 e. The van der Waals surface area contributed by atoms with Crippen molar-refractivity contribution < 1.29 is 27.5 Å². The molecule has 176 valence electrons. The van der Waals surface area contributed by atoms with Gasteiger partial charge in [-0.2, -0.15) is 0 Å². The van der Waals surface area contributed by atoms with E-state index in [1.54, 1.807) is 29.2 Å². The first-order valence-corrected chi connectivity index (χ1v) is 10.7. The van der Waals surface area contributed by atoms with Crippen molar-refractivity contribution in [2.75, 3.05) is 33.3 Å². The molecule has 0 radical (unpaired) electrons. The van der Waals surface area contributed by atoms with E-state index in [0.29, 0.717) is 55.3 Å². The zero-order chi connectivity index (χ0) is 24.1. The minimum atomic E-state index is -0.563. The Morgan fingerprint density at radius 3 is 2.44 bits per heavy atom. The van der Waals surface area contributed by atoms with Crippen LogP contribution in [-0.4, -0.2) is 59.9 Å². The first-order chi connectivity index (χ1) is 16.4. The molecule has 0 N–H and O–H groups in total. The highest BCUT2D eigenvalue weighted by atomic mass is 19.1. The lowest BCUT2D eigenvalue weighted by atomic mass is 9.97. The molecule has 1 amide bonds. The summed E-state index contributed by atoms with van der Waals surface area (Å²) in [5, 5.41) is 0. The summed E-state index contributed by atoms with van der Waals surface area (Å²) in [5.74, 6) is -1.20. The average Bonchev–Trinajstić information content (AvgIpc) is 3.31. The molecule has 0 bridgehead atoms. The van der Waals surface area contributed by atoms with Crippen molar-refractivity contribution in [3.63, 3.8) is 0 Å². The molecule has 1 aliphatic rings. The van der Waals surface area contributed by atoms with Crippen LogP contribution in [0.1, 0.15) is 27.5 Å². The SMILES string of the molecule is COC(=O)c1coc(CN2CCN(C(=O)C=C(c3ccc(F)cc3)c3cccc(F)c3)CC2)n1. The van der Waals surface area contributed by atoms with Crippen LogP contribution in [0.25, 0.3) is 5.57 Å². The molecule has 0 saturated carbocycles. The van der Waals surface area contributed by atoms with Gasteiger partial charge in [-0.1, -0.05) is 24.3 Å². The van der Waals surface area contributed by atoms with Gasteiger partial charge in [0.05, 0.1) is 13.7 Å². The number of halogens is 2. The van der Waals surface area contributed by atoms with Crippen LogP contribution in [0.2, 0.25) is 0 Å². The van der Waals surface area contributed by atoms with Crippen molar-refractivity contribution in [1.29, 1.82) is 0 Å². The Morgan fingerprint density at radius 2 is 1.76 bits per heavy atom. The lowest BCUT2D eigenvalue weighted by molar-refractivity contribution is -0.127. The van der Waals surface area contributed by atoms with Crippen LogP contribution in [0.4, 0.5) is 8.78 Å². The number of rotatable bonds is 6. The van der Waals surface area contributed by atoms with Gasteiger partial charge in [-0.3, -0.25) is 9.69 Å². The summed E-state index contributed by atoms with van der Waals surface area (Å²) in [4.78, 5) is 32.5. The van der Waals surface area contributed by atoms with Gasteiger partial charge in [0.1, 0.15) is 17.9 Å². The Morgan fingerprint density at radius 1 is 1.03 bits per heavy atom. The average molecular weight is 467 g/mol. The molecule has 1 saturated heterocycles. The lowest BCUT2D eigenvalue weighted by Gasteiger charge is -2.33. The van der Waals surface area contributed by atoms with Gasteiger partial charge < -0.3 is 14.1 Å². The number of piperazine rings is 1. The van der Waals surface area contributed by atoms with Gasteiger partial charge in [0.25, 0.3) is 0 Å². The molecular weight excluding hydrogens is 444 g/mol. The largest absolute Gasteiger partial charge is 0.464 e. The Hall–Kier alpha value is -3.85. The first kappa shape index (κ1) is 23.3. The van der Waals surface area contributed by atoms with Gasteiger partial charge in [0.15, 0.2) is 5.69 Å². The fourth-order valence-corrected chi connectivity index (χ4v) is 3.73. The molecule has 34 heavy (non-hydrogen) atoms. The number of oxazole rings is 1. The van der Waals surface area contributed by atoms with E-state index in [0.717, 1.165) is 0 Å². The van der Waals surface area contributed by atoms with Crippen molar-refractivity contribution in [3.05, 3.63) is 95.2 Å². The van der Waals surface area contributed by atoms with Crippen molar-refractivity contribution in [2.45, 2.75) is 6.54 Å². The Kier molecular flexibility index (Phi) is 7.12. The molecule has 9 heteroatoms. The fourth-order valence-electron chi connectivity index (χ4n) is 3.73. The molecule has 3 aromatic rings. The van der Waals surface area contributed by atoms with Crippen molar-refractivity contribution >= 4 is 17.4 Å². The highest BCUT2D eigenvalue weighted by Gasteiger charge is 2.23. The standard InChI is InChI=1S/C25H23F2N3O4/c1-33-25(32)22-16-34-23(28-22)15-29-9-11-30(12-10-29)24(31)14-21(17-5-7-19(26)8-6-17)18-3-2-4-20(27)13-18/h2-8,13-14,16H,9-12,15H2,1H3. The van der Waals surface area contributed by atoms with Crippen molar-refractivity contribution in [1.82, 2.24) is 14.8 Å². The van der Waals surface area contributed by atoms with E-state index in [1.165, 1.54) is 43.7 Å². The summed E-state index contributed by atoms with van der Waals surface area (Å²) in [7, 11) is 1.27. The summed E-state index contributed by atoms with van der Waals surface area (Å²) in [6.45, 7) is 2.52. The molecule has 0 unspecified atom stereocenters. The number of amides is 1. The lowest BCUT2D eigenvalue weighted by Crippen LogP contribution is -2.47. The monoisotopic (exact) mass is 467 g/mol. The summed E-state index contributed by atoms with van der Waals surface area (Å²) in [5.41, 5.74) is 1.78. The summed E-state index contributed by atoms with van der Waals surface area (Å²) < 4.78 is 37.2. The molecule has 0 aliphatic carbocycles. The molecule has 1 aliphatic heterocycles. The van der Waals surface area contributed by atoms with Gasteiger partial charge in [0.2, 0.25) is 11.8 Å². The molecule has 1 aromatic heterocycles. The van der Waals surface area contributed by atoms with Gasteiger partial charge >= 0.3 is 5.97 Å². The summed E-state index contributed by atoms with van der Waals surface area (Å²) >= 11 is 0. The summed E-state index contributed by atoms with van der Waals surface area (Å²) in [6, 6.07) is 11.7. The first-order valence-electron chi connectivity index (χ1n) is 10.7. The quantitative estimate of drug-likeness (QED) is 0.408. The molecule has 4 rings (SSSR count). The van der Waals surface area contributed by atoms with E-state index in [1.807, 2.05) is 0 Å². The maximum Gasteiger partial charge on any atom is 0.360 e. The van der Waals surface area contributed by atoms with Crippen LogP contribution in [0.3, 0.4) is 0 Å². The Balaban J connectivity index is 1.45. The predicted molar refractivity (Wildman–Crippen MR) is 120 cm³/mol. The third-order valence-corrected chi connectivity index (χ3v) is 5.55. The number of carbonyl (C=O) groups excluding carboxylic acids is 2. The highest BCUT2D eigenvalue weighted by molar-refractivity contribution is 5.99. The number of hydrogen-bond acceptors (Lipinski definition) is 6. The van der Waals surface area contributed by atoms with E-state index < -0.39 is 17.6 Å². The Labute approximate surface area is 195 Å². The second kappa shape index (κ2) is 10.4. The second-order valence-corrected chi connectivity index (χ2v) is 7.79. The maximum atomic E-state index is 13.9. The number of carbonyl (C=O) groups is 2. The third-order valence-electron chi connectivity index (χ3n) is 5.55. The number of hydrogen-bond donors (Lipinski definition) is 0. The van der Waals surface area contributed by atoms with Crippen molar-refractivity contribution in [3.8, 4) is 0 Å².